The highest BCUT2D eigenvalue weighted by molar-refractivity contribution is 5.35. The fourth-order valence-electron chi connectivity index (χ4n) is 0.939. The molecule has 0 atom stereocenters. The molecular formula is C8H8N. The maximum absolute atomic E-state index is 3.94. The third-order valence-electron chi connectivity index (χ3n) is 1.59. The first-order valence-corrected chi connectivity index (χ1v) is 3.22. The van der Waals surface area contributed by atoms with Crippen molar-refractivity contribution in [2.75, 3.05) is 0 Å². The minimum Gasteiger partial charge on any atom is -0.265 e. The van der Waals surface area contributed by atoms with E-state index >= 15 is 0 Å². The Bertz CT molecular complexity index is 189. The van der Waals surface area contributed by atoms with Gasteiger partial charge in [0.15, 0.2) is 0 Å². The standard InChI is InChI=1S/C8H8N/c1-2-7(1)8-3-5-9-6-4-8/h3-6H,1-2H2. The topological polar surface area (TPSA) is 12.9 Å². The van der Waals surface area contributed by atoms with Crippen molar-refractivity contribution >= 4 is 0 Å². The molecule has 0 saturated heterocycles. The maximum atomic E-state index is 3.94. The Balaban J connectivity index is 2.29. The van der Waals surface area contributed by atoms with Crippen molar-refractivity contribution in [2.24, 2.45) is 0 Å². The van der Waals surface area contributed by atoms with E-state index in [-0.39, 0.29) is 0 Å². The van der Waals surface area contributed by atoms with Crippen LogP contribution >= 0.6 is 0 Å². The summed E-state index contributed by atoms with van der Waals surface area (Å²) in [6, 6.07) is 4.14. The minimum absolute atomic E-state index is 1.30. The number of nitrogens with zero attached hydrogens (tertiary/aromatic N) is 1. The van der Waals surface area contributed by atoms with E-state index in [0.29, 0.717) is 0 Å². The molecule has 45 valence electrons. The lowest BCUT2D eigenvalue weighted by Gasteiger charge is -1.91. The molecule has 2 rings (SSSR count). The third kappa shape index (κ3) is 0.947. The highest BCUT2D eigenvalue weighted by Gasteiger charge is 2.23. The number of rotatable bonds is 1. The molecule has 0 N–H and O–H groups in total. The van der Waals surface area contributed by atoms with Gasteiger partial charge in [-0.15, -0.1) is 0 Å². The van der Waals surface area contributed by atoms with E-state index in [1.807, 2.05) is 12.4 Å². The average Bonchev–Trinajstić information content (AvgIpc) is 2.71. The van der Waals surface area contributed by atoms with Gasteiger partial charge < -0.3 is 0 Å². The Kier molecular flexibility index (Phi) is 1.01. The largest absolute Gasteiger partial charge is 0.265 e. The zero-order valence-corrected chi connectivity index (χ0v) is 5.17. The normalized spacial score (nSPS) is 17.8. The molecule has 1 heterocycles. The molecule has 1 aliphatic rings. The Hall–Kier alpha value is -0.850. The highest BCUT2D eigenvalue weighted by atomic mass is 14.6. The van der Waals surface area contributed by atoms with Crippen LogP contribution in [-0.4, -0.2) is 4.98 Å². The fraction of sp³-hybridized carbons (Fsp3) is 0.250. The Morgan fingerprint density at radius 3 is 2.33 bits per heavy atom. The lowest BCUT2D eigenvalue weighted by atomic mass is 10.2. The van der Waals surface area contributed by atoms with Crippen molar-refractivity contribution in [3.63, 3.8) is 0 Å². The van der Waals surface area contributed by atoms with E-state index in [4.69, 9.17) is 0 Å². The molecule has 1 aromatic heterocycles. The van der Waals surface area contributed by atoms with Crippen LogP contribution in [0.4, 0.5) is 0 Å². The van der Waals surface area contributed by atoms with E-state index in [9.17, 15) is 0 Å². The second-order valence-corrected chi connectivity index (χ2v) is 2.34. The smallest absolute Gasteiger partial charge is 0.0270 e. The number of pyridine rings is 1. The third-order valence-corrected chi connectivity index (χ3v) is 1.59. The van der Waals surface area contributed by atoms with Crippen LogP contribution < -0.4 is 0 Å². The van der Waals surface area contributed by atoms with E-state index in [1.54, 1.807) is 5.92 Å². The van der Waals surface area contributed by atoms with Crippen molar-refractivity contribution in [1.29, 1.82) is 0 Å². The SMILES string of the molecule is c1cc([C]2CC2)ccn1. The van der Waals surface area contributed by atoms with E-state index in [2.05, 4.69) is 17.1 Å². The summed E-state index contributed by atoms with van der Waals surface area (Å²) in [6.45, 7) is 0. The van der Waals surface area contributed by atoms with E-state index < -0.39 is 0 Å². The van der Waals surface area contributed by atoms with Crippen molar-refractivity contribution < 1.29 is 0 Å². The van der Waals surface area contributed by atoms with Gasteiger partial charge in [0.25, 0.3) is 0 Å². The van der Waals surface area contributed by atoms with Gasteiger partial charge in [0.1, 0.15) is 0 Å². The number of aromatic nitrogens is 1. The molecule has 1 heteroatoms. The zero-order chi connectivity index (χ0) is 6.10. The van der Waals surface area contributed by atoms with Crippen LogP contribution in [0.25, 0.3) is 0 Å². The molecule has 1 fully saturated rings. The molecule has 1 aliphatic carbocycles. The summed E-state index contributed by atoms with van der Waals surface area (Å²) in [7, 11) is 0. The molecule has 1 nitrogen and oxygen atoms in total. The summed E-state index contributed by atoms with van der Waals surface area (Å²) in [6.07, 6.45) is 6.29. The summed E-state index contributed by atoms with van der Waals surface area (Å²) in [5, 5.41) is 0. The summed E-state index contributed by atoms with van der Waals surface area (Å²) in [5.41, 5.74) is 1.38. The van der Waals surface area contributed by atoms with Gasteiger partial charge in [0.2, 0.25) is 0 Å². The van der Waals surface area contributed by atoms with Crippen molar-refractivity contribution in [1.82, 2.24) is 4.98 Å². The van der Waals surface area contributed by atoms with Gasteiger partial charge in [-0.3, -0.25) is 4.98 Å². The minimum atomic E-state index is 1.30. The maximum Gasteiger partial charge on any atom is 0.0270 e. The summed E-state index contributed by atoms with van der Waals surface area (Å²) >= 11 is 0. The lowest BCUT2D eigenvalue weighted by Crippen LogP contribution is -1.77. The highest BCUT2D eigenvalue weighted by Crippen LogP contribution is 2.38. The van der Waals surface area contributed by atoms with Crippen molar-refractivity contribution in [3.8, 4) is 0 Å². The van der Waals surface area contributed by atoms with Crippen LogP contribution in [0.5, 0.6) is 0 Å². The lowest BCUT2D eigenvalue weighted by molar-refractivity contribution is 1.28. The molecule has 0 unspecified atom stereocenters. The molecular weight excluding hydrogens is 110 g/mol. The van der Waals surface area contributed by atoms with Crippen molar-refractivity contribution in [2.45, 2.75) is 12.8 Å². The molecule has 0 amide bonds. The van der Waals surface area contributed by atoms with Gasteiger partial charge in [0.05, 0.1) is 0 Å². The molecule has 1 radical (unpaired) electrons. The molecule has 0 aliphatic heterocycles. The average molecular weight is 118 g/mol. The zero-order valence-electron chi connectivity index (χ0n) is 5.17. The predicted octanol–water partition coefficient (Wildman–Crippen LogP) is 1.80. The van der Waals surface area contributed by atoms with Crippen LogP contribution in [0.15, 0.2) is 24.5 Å². The number of hydrogen-bond acceptors (Lipinski definition) is 1. The fourth-order valence-corrected chi connectivity index (χ4v) is 0.939. The van der Waals surface area contributed by atoms with Gasteiger partial charge in [-0.1, -0.05) is 0 Å². The molecule has 1 aromatic rings. The van der Waals surface area contributed by atoms with E-state index in [1.165, 1.54) is 18.4 Å². The molecule has 0 spiro atoms. The summed E-state index contributed by atoms with van der Waals surface area (Å²) < 4.78 is 0. The van der Waals surface area contributed by atoms with Crippen LogP contribution in [0, 0.1) is 5.92 Å². The van der Waals surface area contributed by atoms with Gasteiger partial charge in [-0.05, 0) is 30.5 Å². The Morgan fingerprint density at radius 2 is 1.78 bits per heavy atom. The second-order valence-electron chi connectivity index (χ2n) is 2.34. The molecule has 9 heavy (non-hydrogen) atoms. The Morgan fingerprint density at radius 1 is 1.11 bits per heavy atom. The predicted molar refractivity (Wildman–Crippen MR) is 35.8 cm³/mol. The van der Waals surface area contributed by atoms with Gasteiger partial charge in [-0.25, -0.2) is 0 Å². The molecule has 0 aromatic carbocycles. The molecule has 1 saturated carbocycles. The van der Waals surface area contributed by atoms with Crippen molar-refractivity contribution in [3.05, 3.63) is 36.0 Å². The second kappa shape index (κ2) is 1.83. The van der Waals surface area contributed by atoms with Gasteiger partial charge in [0, 0.05) is 18.3 Å². The van der Waals surface area contributed by atoms with Crippen LogP contribution in [0.3, 0.4) is 0 Å². The first-order chi connectivity index (χ1) is 4.47. The van der Waals surface area contributed by atoms with Crippen LogP contribution in [-0.2, 0) is 0 Å². The first kappa shape index (κ1) is 4.98. The summed E-state index contributed by atoms with van der Waals surface area (Å²) in [5.74, 6) is 1.58. The first-order valence-electron chi connectivity index (χ1n) is 3.22. The van der Waals surface area contributed by atoms with Gasteiger partial charge >= 0.3 is 0 Å². The van der Waals surface area contributed by atoms with Crippen LogP contribution in [0.1, 0.15) is 18.4 Å². The quantitative estimate of drug-likeness (QED) is 0.548. The molecule has 0 bridgehead atoms. The van der Waals surface area contributed by atoms with Gasteiger partial charge in [-0.2, -0.15) is 0 Å². The monoisotopic (exact) mass is 118 g/mol. The Labute approximate surface area is 54.7 Å². The van der Waals surface area contributed by atoms with E-state index in [0.717, 1.165) is 0 Å². The van der Waals surface area contributed by atoms with Crippen LogP contribution in [0.2, 0.25) is 0 Å². The summed E-state index contributed by atoms with van der Waals surface area (Å²) in [4.78, 5) is 3.94. The number of hydrogen-bond donors (Lipinski definition) is 0.